The molecule has 3 heteroatoms. The van der Waals surface area contributed by atoms with Crippen molar-refractivity contribution in [2.75, 3.05) is 39.3 Å². The Morgan fingerprint density at radius 2 is 1.72 bits per heavy atom. The second-order valence-electron chi connectivity index (χ2n) is 4.44. The molecule has 102 valence electrons. The van der Waals surface area contributed by atoms with E-state index in [-0.39, 0.29) is 0 Å². The highest BCUT2D eigenvalue weighted by atomic mass is 16.5. The third kappa shape index (κ3) is 6.03. The van der Waals surface area contributed by atoms with Gasteiger partial charge in [-0.3, -0.25) is 0 Å². The summed E-state index contributed by atoms with van der Waals surface area (Å²) in [6, 6.07) is 8.18. The van der Waals surface area contributed by atoms with Crippen molar-refractivity contribution in [3.05, 3.63) is 29.8 Å². The highest BCUT2D eigenvalue weighted by molar-refractivity contribution is 5.26. The first-order chi connectivity index (χ1) is 8.76. The van der Waals surface area contributed by atoms with Gasteiger partial charge in [0.15, 0.2) is 0 Å². The molecular formula is C15H26N2O. The number of rotatable bonds is 9. The highest BCUT2D eigenvalue weighted by Gasteiger charge is 1.97. The zero-order valence-electron chi connectivity index (χ0n) is 11.9. The Morgan fingerprint density at radius 1 is 1.06 bits per heavy atom. The van der Waals surface area contributed by atoms with Gasteiger partial charge in [-0.25, -0.2) is 0 Å². The average molecular weight is 250 g/mol. The lowest BCUT2D eigenvalue weighted by atomic mass is 10.2. The summed E-state index contributed by atoms with van der Waals surface area (Å²) < 4.78 is 5.64. The molecular weight excluding hydrogens is 224 g/mol. The maximum Gasteiger partial charge on any atom is 0.119 e. The van der Waals surface area contributed by atoms with Crippen molar-refractivity contribution in [1.29, 1.82) is 0 Å². The molecule has 0 aliphatic heterocycles. The Balaban J connectivity index is 2.03. The van der Waals surface area contributed by atoms with Crippen molar-refractivity contribution in [3.63, 3.8) is 0 Å². The van der Waals surface area contributed by atoms with Crippen LogP contribution in [-0.4, -0.2) is 44.2 Å². The molecule has 3 nitrogen and oxygen atoms in total. The first kappa shape index (κ1) is 15.0. The van der Waals surface area contributed by atoms with E-state index in [0.717, 1.165) is 45.1 Å². The fraction of sp³-hybridized carbons (Fsp3) is 0.600. The molecule has 0 fully saturated rings. The molecule has 0 aromatic heterocycles. The van der Waals surface area contributed by atoms with Crippen LogP contribution in [0.5, 0.6) is 5.75 Å². The van der Waals surface area contributed by atoms with E-state index in [2.05, 4.69) is 43.1 Å². The summed E-state index contributed by atoms with van der Waals surface area (Å²) in [7, 11) is 0. The SMILES string of the molecule is CCN(CC)CCNCCOc1ccc(C)cc1. The van der Waals surface area contributed by atoms with Crippen LogP contribution in [0.25, 0.3) is 0 Å². The minimum Gasteiger partial charge on any atom is -0.492 e. The van der Waals surface area contributed by atoms with Crippen LogP contribution in [0.15, 0.2) is 24.3 Å². The molecule has 0 saturated heterocycles. The third-order valence-corrected chi connectivity index (χ3v) is 3.07. The van der Waals surface area contributed by atoms with Crippen molar-refractivity contribution in [2.24, 2.45) is 0 Å². The van der Waals surface area contributed by atoms with Crippen molar-refractivity contribution < 1.29 is 4.74 Å². The Bertz CT molecular complexity index is 307. The predicted octanol–water partition coefficient (Wildman–Crippen LogP) is 2.31. The molecule has 0 aliphatic carbocycles. The smallest absolute Gasteiger partial charge is 0.119 e. The predicted molar refractivity (Wildman–Crippen MR) is 77.3 cm³/mol. The Kier molecular flexibility index (Phi) is 7.46. The topological polar surface area (TPSA) is 24.5 Å². The number of hydrogen-bond donors (Lipinski definition) is 1. The minimum atomic E-state index is 0.724. The number of nitrogens with one attached hydrogen (secondary N) is 1. The molecule has 1 aromatic rings. The number of likely N-dealkylation sites (N-methyl/N-ethyl adjacent to an activating group) is 1. The average Bonchev–Trinajstić information content (AvgIpc) is 2.40. The Labute approximate surface area is 111 Å². The van der Waals surface area contributed by atoms with Crippen LogP contribution < -0.4 is 10.1 Å². The van der Waals surface area contributed by atoms with Crippen molar-refractivity contribution in [3.8, 4) is 5.75 Å². The van der Waals surface area contributed by atoms with E-state index >= 15 is 0 Å². The van der Waals surface area contributed by atoms with E-state index in [0.29, 0.717) is 0 Å². The molecule has 0 saturated carbocycles. The maximum atomic E-state index is 5.64. The lowest BCUT2D eigenvalue weighted by Gasteiger charge is -2.18. The number of nitrogens with zero attached hydrogens (tertiary/aromatic N) is 1. The molecule has 1 aromatic carbocycles. The fourth-order valence-electron chi connectivity index (χ4n) is 1.78. The van der Waals surface area contributed by atoms with E-state index in [1.54, 1.807) is 0 Å². The highest BCUT2D eigenvalue weighted by Crippen LogP contribution is 2.10. The molecule has 0 aliphatic rings. The van der Waals surface area contributed by atoms with E-state index in [1.807, 2.05) is 12.1 Å². The standard InChI is InChI=1S/C15H26N2O/c1-4-17(5-2)12-10-16-11-13-18-15-8-6-14(3)7-9-15/h6-9,16H,4-5,10-13H2,1-3H3. The molecule has 0 amide bonds. The van der Waals surface area contributed by atoms with Gasteiger partial charge in [-0.15, -0.1) is 0 Å². The van der Waals surface area contributed by atoms with E-state index in [1.165, 1.54) is 5.56 Å². The summed E-state index contributed by atoms with van der Waals surface area (Å²) in [4.78, 5) is 2.41. The van der Waals surface area contributed by atoms with Crippen LogP contribution in [0.1, 0.15) is 19.4 Å². The van der Waals surface area contributed by atoms with Gasteiger partial charge < -0.3 is 15.0 Å². The maximum absolute atomic E-state index is 5.64. The Hall–Kier alpha value is -1.06. The monoisotopic (exact) mass is 250 g/mol. The molecule has 0 spiro atoms. The fourth-order valence-corrected chi connectivity index (χ4v) is 1.78. The van der Waals surface area contributed by atoms with Gasteiger partial charge in [-0.2, -0.15) is 0 Å². The van der Waals surface area contributed by atoms with Gasteiger partial charge in [0.1, 0.15) is 12.4 Å². The van der Waals surface area contributed by atoms with Gasteiger partial charge in [0.2, 0.25) is 0 Å². The summed E-state index contributed by atoms with van der Waals surface area (Å²) in [5.41, 5.74) is 1.26. The summed E-state index contributed by atoms with van der Waals surface area (Å²) in [5.74, 6) is 0.950. The van der Waals surface area contributed by atoms with Crippen molar-refractivity contribution in [2.45, 2.75) is 20.8 Å². The zero-order chi connectivity index (χ0) is 13.2. The number of benzene rings is 1. The van der Waals surface area contributed by atoms with Crippen molar-refractivity contribution in [1.82, 2.24) is 10.2 Å². The van der Waals surface area contributed by atoms with Gasteiger partial charge in [-0.05, 0) is 32.1 Å². The first-order valence-electron chi connectivity index (χ1n) is 6.88. The second kappa shape index (κ2) is 8.95. The quantitative estimate of drug-likeness (QED) is 0.681. The zero-order valence-corrected chi connectivity index (χ0v) is 11.9. The van der Waals surface area contributed by atoms with Gasteiger partial charge in [0.05, 0.1) is 0 Å². The van der Waals surface area contributed by atoms with Crippen LogP contribution >= 0.6 is 0 Å². The third-order valence-electron chi connectivity index (χ3n) is 3.07. The van der Waals surface area contributed by atoms with E-state index in [4.69, 9.17) is 4.74 Å². The lowest BCUT2D eigenvalue weighted by molar-refractivity contribution is 0.285. The summed E-state index contributed by atoms with van der Waals surface area (Å²) in [6.45, 7) is 12.5. The number of ether oxygens (including phenoxy) is 1. The van der Waals surface area contributed by atoms with Gasteiger partial charge >= 0.3 is 0 Å². The van der Waals surface area contributed by atoms with Gasteiger partial charge in [-0.1, -0.05) is 31.5 Å². The largest absolute Gasteiger partial charge is 0.492 e. The molecule has 0 heterocycles. The van der Waals surface area contributed by atoms with Crippen LogP contribution in [-0.2, 0) is 0 Å². The van der Waals surface area contributed by atoms with Crippen LogP contribution in [0, 0.1) is 6.92 Å². The summed E-state index contributed by atoms with van der Waals surface area (Å²) in [5, 5.41) is 3.40. The summed E-state index contributed by atoms with van der Waals surface area (Å²) in [6.07, 6.45) is 0. The summed E-state index contributed by atoms with van der Waals surface area (Å²) >= 11 is 0. The van der Waals surface area contributed by atoms with Crippen molar-refractivity contribution >= 4 is 0 Å². The van der Waals surface area contributed by atoms with Gasteiger partial charge in [0.25, 0.3) is 0 Å². The second-order valence-corrected chi connectivity index (χ2v) is 4.44. The van der Waals surface area contributed by atoms with E-state index in [9.17, 15) is 0 Å². The molecule has 0 bridgehead atoms. The molecule has 18 heavy (non-hydrogen) atoms. The Morgan fingerprint density at radius 3 is 2.33 bits per heavy atom. The lowest BCUT2D eigenvalue weighted by Crippen LogP contribution is -2.33. The first-order valence-corrected chi connectivity index (χ1v) is 6.88. The molecule has 1 N–H and O–H groups in total. The molecule has 0 radical (unpaired) electrons. The van der Waals surface area contributed by atoms with Crippen LogP contribution in [0.3, 0.4) is 0 Å². The minimum absolute atomic E-state index is 0.724. The normalized spacial score (nSPS) is 10.9. The molecule has 0 unspecified atom stereocenters. The van der Waals surface area contributed by atoms with Gasteiger partial charge in [0, 0.05) is 19.6 Å². The molecule has 0 atom stereocenters. The molecule has 1 rings (SSSR count). The number of aryl methyl sites for hydroxylation is 1. The van der Waals surface area contributed by atoms with Crippen LogP contribution in [0.2, 0.25) is 0 Å². The number of hydrogen-bond acceptors (Lipinski definition) is 3. The van der Waals surface area contributed by atoms with Crippen LogP contribution in [0.4, 0.5) is 0 Å². The van der Waals surface area contributed by atoms with E-state index < -0.39 is 0 Å².